The number of ketones is 1. The second-order valence-electron chi connectivity index (χ2n) is 9.55. The molecule has 5 rings (SSSR count). The molecule has 1 aliphatic heterocycles. The normalized spacial score (nSPS) is 14.4. The molecule has 1 aliphatic rings. The van der Waals surface area contributed by atoms with Crippen LogP contribution in [0, 0.1) is 0 Å². The molecule has 4 aromatic rings. The highest BCUT2D eigenvalue weighted by Crippen LogP contribution is 2.38. The highest BCUT2D eigenvalue weighted by Gasteiger charge is 2.38. The van der Waals surface area contributed by atoms with Crippen LogP contribution in [0.4, 0.5) is 32.2 Å². The van der Waals surface area contributed by atoms with Gasteiger partial charge in [0, 0.05) is 43.2 Å². The maximum Gasteiger partial charge on any atom is 0.416 e. The topological polar surface area (TPSA) is 97.3 Å². The quantitative estimate of drug-likeness (QED) is 0.184. The van der Waals surface area contributed by atoms with E-state index in [0.717, 1.165) is 4.68 Å². The van der Waals surface area contributed by atoms with Gasteiger partial charge in [-0.05, 0) is 35.9 Å². The number of carbonyl (C=O) groups is 1. The van der Waals surface area contributed by atoms with Gasteiger partial charge in [0.2, 0.25) is 5.78 Å². The van der Waals surface area contributed by atoms with E-state index in [9.17, 15) is 36.2 Å². The Kier molecular flexibility index (Phi) is 8.77. The summed E-state index contributed by atoms with van der Waals surface area (Å²) in [6.45, 7) is -0.0655. The van der Waals surface area contributed by atoms with Crippen LogP contribution in [0.5, 0.6) is 0 Å². The predicted molar refractivity (Wildman–Crippen MR) is 146 cm³/mol. The van der Waals surface area contributed by atoms with Crippen molar-refractivity contribution in [1.82, 2.24) is 20.2 Å². The van der Waals surface area contributed by atoms with Gasteiger partial charge in [-0.15, -0.1) is 5.10 Å². The summed E-state index contributed by atoms with van der Waals surface area (Å²) in [4.78, 5) is 15.9. The van der Waals surface area contributed by atoms with Crippen LogP contribution in [-0.2, 0) is 25.3 Å². The number of aromatic nitrogens is 4. The molecule has 1 fully saturated rings. The molecule has 1 saturated heterocycles. The largest absolute Gasteiger partial charge is 0.416 e. The fourth-order valence-corrected chi connectivity index (χ4v) is 5.84. The van der Waals surface area contributed by atoms with Gasteiger partial charge in [-0.3, -0.25) is 4.79 Å². The lowest BCUT2D eigenvalue weighted by molar-refractivity contribution is -0.143. The minimum Gasteiger partial charge on any atom is -0.396 e. The lowest BCUT2D eigenvalue weighted by atomic mass is 9.99. The number of anilines is 1. The van der Waals surface area contributed by atoms with Crippen LogP contribution in [-0.4, -0.2) is 62.2 Å². The van der Waals surface area contributed by atoms with Crippen molar-refractivity contribution in [3.05, 3.63) is 81.1 Å². The molecule has 2 aromatic heterocycles. The van der Waals surface area contributed by atoms with Crippen molar-refractivity contribution in [2.24, 2.45) is 0 Å². The van der Waals surface area contributed by atoms with Crippen LogP contribution >= 0.6 is 23.4 Å². The number of halogens is 7. The maximum absolute atomic E-state index is 14.1. The van der Waals surface area contributed by atoms with E-state index in [1.54, 1.807) is 40.9 Å². The number of rotatable bonds is 8. The Labute approximate surface area is 249 Å². The summed E-state index contributed by atoms with van der Waals surface area (Å²) in [5.41, 5.74) is -3.05. The first-order valence-corrected chi connectivity index (χ1v) is 14.3. The molecule has 0 aliphatic carbocycles. The molecule has 0 bridgehead atoms. The van der Waals surface area contributed by atoms with E-state index in [4.69, 9.17) is 16.1 Å². The Morgan fingerprint density at radius 2 is 1.67 bits per heavy atom. The van der Waals surface area contributed by atoms with E-state index < -0.39 is 35.8 Å². The van der Waals surface area contributed by atoms with E-state index in [2.05, 4.69) is 15.5 Å². The van der Waals surface area contributed by atoms with Crippen LogP contribution in [0.15, 0.2) is 47.0 Å². The number of hydrogen-bond donors (Lipinski definition) is 1. The third-order valence-electron chi connectivity index (χ3n) is 6.67. The first-order valence-electron chi connectivity index (χ1n) is 12.8. The van der Waals surface area contributed by atoms with Crippen molar-refractivity contribution >= 4 is 35.0 Å². The summed E-state index contributed by atoms with van der Waals surface area (Å²) in [7, 11) is 0. The van der Waals surface area contributed by atoms with Gasteiger partial charge in [0.25, 0.3) is 0 Å². The molecule has 228 valence electrons. The highest BCUT2D eigenvalue weighted by atomic mass is 35.5. The molecule has 0 saturated carbocycles. The number of nitrogens with zero attached hydrogens (tertiary/aromatic N) is 5. The summed E-state index contributed by atoms with van der Waals surface area (Å²) in [6.07, 6.45) is -10.1. The summed E-state index contributed by atoms with van der Waals surface area (Å²) in [5, 5.41) is 21.9. The fraction of sp³-hybridized carbons (Fsp3) is 0.333. The number of alkyl halides is 6. The highest BCUT2D eigenvalue weighted by molar-refractivity contribution is 7.99. The number of hydrogen-bond acceptors (Lipinski definition) is 8. The summed E-state index contributed by atoms with van der Waals surface area (Å²) >= 11 is 8.00. The molecule has 0 amide bonds. The van der Waals surface area contributed by atoms with Crippen molar-refractivity contribution < 1.29 is 40.8 Å². The minimum absolute atomic E-state index is 0.0152. The third kappa shape index (κ3) is 6.53. The molecule has 0 unspecified atom stereocenters. The smallest absolute Gasteiger partial charge is 0.396 e. The Morgan fingerprint density at radius 3 is 2.28 bits per heavy atom. The van der Waals surface area contributed by atoms with Crippen molar-refractivity contribution in [2.75, 3.05) is 36.1 Å². The van der Waals surface area contributed by atoms with Gasteiger partial charge < -0.3 is 14.5 Å². The van der Waals surface area contributed by atoms with E-state index in [0.29, 0.717) is 42.3 Å². The van der Waals surface area contributed by atoms with Gasteiger partial charge in [-0.1, -0.05) is 34.1 Å². The van der Waals surface area contributed by atoms with Crippen LogP contribution < -0.4 is 4.90 Å². The zero-order valence-electron chi connectivity index (χ0n) is 22.0. The van der Waals surface area contributed by atoms with E-state index in [1.807, 2.05) is 0 Å². The molecule has 16 heteroatoms. The first kappa shape index (κ1) is 30.9. The van der Waals surface area contributed by atoms with Crippen molar-refractivity contribution in [1.29, 1.82) is 0 Å². The van der Waals surface area contributed by atoms with E-state index in [-0.39, 0.29) is 58.2 Å². The first-order chi connectivity index (χ1) is 20.4. The summed E-state index contributed by atoms with van der Waals surface area (Å²) in [6, 6.07) is 7.81. The number of carbonyl (C=O) groups excluding carboxylic acids is 1. The zero-order valence-corrected chi connectivity index (χ0v) is 23.6. The molecule has 0 atom stereocenters. The molecular weight excluding hydrogens is 624 g/mol. The van der Waals surface area contributed by atoms with Gasteiger partial charge in [0.05, 0.1) is 34.0 Å². The average Bonchev–Trinajstić information content (AvgIpc) is 3.57. The number of benzene rings is 2. The van der Waals surface area contributed by atoms with Gasteiger partial charge >= 0.3 is 12.4 Å². The van der Waals surface area contributed by atoms with Gasteiger partial charge in [0.1, 0.15) is 0 Å². The van der Waals surface area contributed by atoms with Gasteiger partial charge in [-0.2, -0.15) is 38.1 Å². The Balaban J connectivity index is 1.63. The van der Waals surface area contributed by atoms with Crippen LogP contribution in [0.3, 0.4) is 0 Å². The van der Waals surface area contributed by atoms with Crippen molar-refractivity contribution in [2.45, 2.75) is 25.3 Å². The number of aliphatic hydroxyl groups excluding tert-OH is 1. The lowest BCUT2D eigenvalue weighted by Crippen LogP contribution is -2.35. The fourth-order valence-electron chi connectivity index (χ4n) is 4.71. The SMILES string of the molecule is O=C(c1nnn(Cc2cc(C(F)(F)F)cc(C(F)(F)F)c2)c1N1CCSCC1)c1c(CCO)noc1-c1ccccc1Cl. The Morgan fingerprint density at radius 1 is 1.02 bits per heavy atom. The van der Waals surface area contributed by atoms with Crippen molar-refractivity contribution in [3.8, 4) is 11.3 Å². The van der Waals surface area contributed by atoms with Gasteiger partial charge in [0.15, 0.2) is 17.3 Å². The summed E-state index contributed by atoms with van der Waals surface area (Å²) < 4.78 is 87.7. The molecule has 0 radical (unpaired) electrons. The average molecular weight is 646 g/mol. The maximum atomic E-state index is 14.1. The lowest BCUT2D eigenvalue weighted by Gasteiger charge is -2.29. The Bertz CT molecular complexity index is 1600. The zero-order chi connectivity index (χ0) is 30.9. The van der Waals surface area contributed by atoms with Gasteiger partial charge in [-0.25, -0.2) is 4.68 Å². The van der Waals surface area contributed by atoms with Crippen molar-refractivity contribution in [3.63, 3.8) is 0 Å². The molecule has 1 N–H and O–H groups in total. The minimum atomic E-state index is -5.03. The molecule has 8 nitrogen and oxygen atoms in total. The molecule has 0 spiro atoms. The van der Waals surface area contributed by atoms with Crippen LogP contribution in [0.1, 0.15) is 38.4 Å². The van der Waals surface area contributed by atoms with E-state index >= 15 is 0 Å². The van der Waals surface area contributed by atoms with E-state index in [1.165, 1.54) is 0 Å². The molecule has 3 heterocycles. The second-order valence-corrected chi connectivity index (χ2v) is 11.2. The van der Waals surface area contributed by atoms with Crippen LogP contribution in [0.25, 0.3) is 11.3 Å². The molecule has 43 heavy (non-hydrogen) atoms. The van der Waals surface area contributed by atoms with Crippen LogP contribution in [0.2, 0.25) is 5.02 Å². The summed E-state index contributed by atoms with van der Waals surface area (Å²) in [5.74, 6) is 0.723. The molecular formula is C27H22ClF6N5O3S. The predicted octanol–water partition coefficient (Wildman–Crippen LogP) is 5.99. The number of thioether (sulfide) groups is 1. The second kappa shape index (κ2) is 12.2. The molecule has 2 aromatic carbocycles. The monoisotopic (exact) mass is 645 g/mol. The Hall–Kier alpha value is -3.56. The third-order valence-corrected chi connectivity index (χ3v) is 7.94. The number of aliphatic hydroxyl groups is 1. The standard InChI is InChI=1S/C27H22ClF6N5O3S/c28-19-4-2-1-3-18(19)24-21(20(5-8-40)36-42-24)23(41)22-25(38-6-9-43-10-7-38)39(37-35-22)14-15-11-16(26(29,30)31)13-17(12-15)27(32,33)34/h1-4,11-13,40H,5-10,14H2.